The van der Waals surface area contributed by atoms with Gasteiger partial charge in [0, 0.05) is 54.7 Å². The van der Waals surface area contributed by atoms with Gasteiger partial charge in [0.05, 0.1) is 18.5 Å². The maximum Gasteiger partial charge on any atom is 0.251 e. The normalized spacial score (nSPS) is 13.4. The lowest BCUT2D eigenvalue weighted by molar-refractivity contribution is -0.112. The summed E-state index contributed by atoms with van der Waals surface area (Å²) in [5, 5.41) is 11.5. The number of fused-ring (bicyclic) bond motifs is 1. The van der Waals surface area contributed by atoms with Gasteiger partial charge < -0.3 is 28.8 Å². The molecular formula is C37H46N6O4S. The Balaban J connectivity index is 1.26. The molecule has 0 fully saturated rings. The minimum Gasteiger partial charge on any atom is -0.610 e. The van der Waals surface area contributed by atoms with E-state index in [4.69, 9.17) is 9.47 Å². The van der Waals surface area contributed by atoms with Crippen molar-refractivity contribution >= 4 is 34.5 Å². The SMILES string of the molecule is CCCCOCCOc1ccc(-c2ccc3c(c2)C=C(C(=O)Nc2ccc([S+]([O-])Cc4nncn4CCC)nc2)CCN3CCC)cc1. The van der Waals surface area contributed by atoms with Crippen LogP contribution in [0.15, 0.2) is 77.7 Å². The first kappa shape index (κ1) is 35.1. The number of nitrogens with one attached hydrogen (secondary N) is 1. The molecule has 3 heterocycles. The average molecular weight is 671 g/mol. The van der Waals surface area contributed by atoms with Crippen molar-refractivity contribution < 1.29 is 18.8 Å². The van der Waals surface area contributed by atoms with Crippen LogP contribution in [0.1, 0.15) is 64.3 Å². The van der Waals surface area contributed by atoms with E-state index < -0.39 is 11.2 Å². The summed E-state index contributed by atoms with van der Waals surface area (Å²) in [5.74, 6) is 1.53. The van der Waals surface area contributed by atoms with E-state index in [2.05, 4.69) is 76.5 Å². The number of aryl methyl sites for hydroxylation is 1. The number of amides is 1. The molecule has 1 unspecified atom stereocenters. The summed E-state index contributed by atoms with van der Waals surface area (Å²) < 4.78 is 26.3. The number of ether oxygens (including phenoxy) is 2. The predicted molar refractivity (Wildman–Crippen MR) is 191 cm³/mol. The van der Waals surface area contributed by atoms with E-state index in [1.54, 1.807) is 24.7 Å². The lowest BCUT2D eigenvalue weighted by Gasteiger charge is -2.25. The van der Waals surface area contributed by atoms with Crippen LogP contribution in [0, 0.1) is 0 Å². The van der Waals surface area contributed by atoms with E-state index in [-0.39, 0.29) is 11.7 Å². The molecule has 0 saturated heterocycles. The number of anilines is 2. The number of unbranched alkanes of at least 4 members (excludes halogenated alkanes) is 1. The van der Waals surface area contributed by atoms with Crippen LogP contribution in [-0.2, 0) is 33.0 Å². The van der Waals surface area contributed by atoms with E-state index in [1.165, 1.54) is 0 Å². The third kappa shape index (κ3) is 9.46. The lowest BCUT2D eigenvalue weighted by atomic mass is 10.00. The molecule has 0 saturated carbocycles. The Morgan fingerprint density at radius 3 is 2.52 bits per heavy atom. The third-order valence-corrected chi connectivity index (χ3v) is 9.34. The zero-order chi connectivity index (χ0) is 33.7. The molecule has 0 aliphatic carbocycles. The summed E-state index contributed by atoms with van der Waals surface area (Å²) in [6.07, 6.45) is 9.95. The van der Waals surface area contributed by atoms with Crippen molar-refractivity contribution in [2.45, 2.75) is 70.2 Å². The van der Waals surface area contributed by atoms with Gasteiger partial charge in [-0.2, -0.15) is 0 Å². The molecule has 48 heavy (non-hydrogen) atoms. The van der Waals surface area contributed by atoms with Crippen molar-refractivity contribution in [1.82, 2.24) is 19.7 Å². The van der Waals surface area contributed by atoms with E-state index in [1.807, 2.05) is 22.8 Å². The topological polar surface area (TPSA) is 117 Å². The fourth-order valence-electron chi connectivity index (χ4n) is 5.58. The maximum atomic E-state index is 13.5. The molecule has 2 aromatic heterocycles. The first-order valence-electron chi connectivity index (χ1n) is 16.9. The van der Waals surface area contributed by atoms with Crippen LogP contribution < -0.4 is 15.0 Å². The Morgan fingerprint density at radius 1 is 0.958 bits per heavy atom. The molecule has 1 amide bonds. The smallest absolute Gasteiger partial charge is 0.251 e. The van der Waals surface area contributed by atoms with Crippen LogP contribution in [0.3, 0.4) is 0 Å². The number of hydrogen-bond acceptors (Lipinski definition) is 8. The Morgan fingerprint density at radius 2 is 1.77 bits per heavy atom. The van der Waals surface area contributed by atoms with Crippen molar-refractivity contribution in [2.75, 3.05) is 43.1 Å². The predicted octanol–water partition coefficient (Wildman–Crippen LogP) is 6.90. The number of aromatic nitrogens is 4. The van der Waals surface area contributed by atoms with Crippen LogP contribution in [0.2, 0.25) is 0 Å². The van der Waals surface area contributed by atoms with Crippen molar-refractivity contribution in [3.05, 3.63) is 84.1 Å². The standard InChI is InChI=1S/C37H46N6O4S/c1-4-7-20-46-21-22-47-33-12-8-28(9-13-33)29-10-14-34-31(23-29)24-30(16-19-42(34)17-5-2)37(44)40-32-11-15-36(38-25-32)48(45)26-35-41-39-27-43(35)18-6-3/h8-15,23-25,27H,4-7,16-22,26H2,1-3H3,(H,40,44). The molecule has 1 atom stereocenters. The molecule has 2 aromatic carbocycles. The Hall–Kier alpha value is -4.19. The van der Waals surface area contributed by atoms with Crippen molar-refractivity contribution in [3.63, 3.8) is 0 Å². The van der Waals surface area contributed by atoms with Gasteiger partial charge in [-0.3, -0.25) is 4.79 Å². The summed E-state index contributed by atoms with van der Waals surface area (Å²) >= 11 is -1.38. The number of rotatable bonds is 17. The highest BCUT2D eigenvalue weighted by Crippen LogP contribution is 2.33. The molecule has 0 radical (unpaired) electrons. The molecule has 11 heteroatoms. The van der Waals surface area contributed by atoms with Gasteiger partial charge in [-0.1, -0.05) is 45.4 Å². The second-order valence-electron chi connectivity index (χ2n) is 11.8. The highest BCUT2D eigenvalue weighted by molar-refractivity contribution is 7.90. The summed E-state index contributed by atoms with van der Waals surface area (Å²) in [5.41, 5.74) is 5.51. The molecule has 1 N–H and O–H groups in total. The summed E-state index contributed by atoms with van der Waals surface area (Å²) in [7, 11) is 0. The summed E-state index contributed by atoms with van der Waals surface area (Å²) in [6, 6.07) is 18.0. The second kappa shape index (κ2) is 17.8. The molecular weight excluding hydrogens is 625 g/mol. The third-order valence-electron chi connectivity index (χ3n) is 8.11. The molecule has 1 aliphatic rings. The molecule has 0 spiro atoms. The zero-order valence-electron chi connectivity index (χ0n) is 28.2. The maximum absolute atomic E-state index is 13.5. The van der Waals surface area contributed by atoms with Crippen LogP contribution in [0.5, 0.6) is 5.75 Å². The van der Waals surface area contributed by atoms with Crippen LogP contribution in [0.25, 0.3) is 17.2 Å². The zero-order valence-corrected chi connectivity index (χ0v) is 29.0. The number of carbonyl (C=O) groups is 1. The van der Waals surface area contributed by atoms with Crippen molar-refractivity contribution in [2.24, 2.45) is 0 Å². The summed E-state index contributed by atoms with van der Waals surface area (Å²) in [4.78, 5) is 20.3. The fraction of sp³-hybridized carbons (Fsp3) is 0.405. The molecule has 254 valence electrons. The van der Waals surface area contributed by atoms with Crippen LogP contribution >= 0.6 is 0 Å². The largest absolute Gasteiger partial charge is 0.610 e. The van der Waals surface area contributed by atoms with Crippen LogP contribution in [0.4, 0.5) is 11.4 Å². The highest BCUT2D eigenvalue weighted by Gasteiger charge is 2.21. The number of carbonyl (C=O) groups excluding carboxylic acids is 1. The monoisotopic (exact) mass is 670 g/mol. The van der Waals surface area contributed by atoms with Crippen molar-refractivity contribution in [3.8, 4) is 16.9 Å². The van der Waals surface area contributed by atoms with Crippen molar-refractivity contribution in [1.29, 1.82) is 0 Å². The van der Waals surface area contributed by atoms with Gasteiger partial charge in [0.25, 0.3) is 5.91 Å². The van der Waals surface area contributed by atoms with Gasteiger partial charge in [0.15, 0.2) is 11.6 Å². The van der Waals surface area contributed by atoms with E-state index in [0.29, 0.717) is 41.7 Å². The quantitative estimate of drug-likeness (QED) is 0.0953. The number of nitrogens with zero attached hydrogens (tertiary/aromatic N) is 5. The van der Waals surface area contributed by atoms with Crippen LogP contribution in [-0.4, -0.2) is 63.1 Å². The van der Waals surface area contributed by atoms with Gasteiger partial charge >= 0.3 is 0 Å². The Labute approximate surface area is 286 Å². The number of benzene rings is 2. The van der Waals surface area contributed by atoms with Gasteiger partial charge in [-0.15, -0.1) is 10.2 Å². The second-order valence-corrected chi connectivity index (χ2v) is 13.2. The summed E-state index contributed by atoms with van der Waals surface area (Å²) in [6.45, 7) is 10.7. The highest BCUT2D eigenvalue weighted by atomic mass is 32.2. The first-order valence-corrected chi connectivity index (χ1v) is 18.2. The van der Waals surface area contributed by atoms with Gasteiger partial charge in [-0.25, -0.2) is 4.98 Å². The lowest BCUT2D eigenvalue weighted by Crippen LogP contribution is -2.26. The first-order chi connectivity index (χ1) is 23.5. The van der Waals surface area contributed by atoms with Gasteiger partial charge in [0.2, 0.25) is 5.03 Å². The molecule has 5 rings (SSSR count). The molecule has 4 aromatic rings. The van der Waals surface area contributed by atoms with Gasteiger partial charge in [0.1, 0.15) is 18.7 Å². The average Bonchev–Trinajstić information content (AvgIpc) is 3.45. The Kier molecular flexibility index (Phi) is 13.0. The fourth-order valence-corrected chi connectivity index (χ4v) is 6.57. The molecule has 1 aliphatic heterocycles. The molecule has 10 nitrogen and oxygen atoms in total. The number of hydrogen-bond donors (Lipinski definition) is 1. The Bertz CT molecular complexity index is 1640. The number of pyridine rings is 1. The van der Waals surface area contributed by atoms with E-state index in [0.717, 1.165) is 80.1 Å². The van der Waals surface area contributed by atoms with E-state index in [9.17, 15) is 9.35 Å². The van der Waals surface area contributed by atoms with E-state index >= 15 is 0 Å². The van der Waals surface area contributed by atoms with Gasteiger partial charge in [-0.05, 0) is 78.8 Å². The minimum absolute atomic E-state index is 0.173. The minimum atomic E-state index is -1.38. The molecule has 0 bridgehead atoms.